The second-order valence-corrected chi connectivity index (χ2v) is 7.14. The van der Waals surface area contributed by atoms with E-state index in [2.05, 4.69) is 5.32 Å². The number of nitrogens with zero attached hydrogens (tertiary/aromatic N) is 3. The number of hydrogen-bond donors (Lipinski definition) is 1. The number of nitriles is 1. The second-order valence-electron chi connectivity index (χ2n) is 7.14. The molecule has 6 heteroatoms. The van der Waals surface area contributed by atoms with Crippen LogP contribution < -0.4 is 5.32 Å². The van der Waals surface area contributed by atoms with Crippen LogP contribution in [0.15, 0.2) is 76.9 Å². The van der Waals surface area contributed by atoms with E-state index >= 15 is 0 Å². The molecular weight excluding hydrogens is 388 g/mol. The van der Waals surface area contributed by atoms with E-state index < -0.39 is 0 Å². The first-order valence-corrected chi connectivity index (χ1v) is 10.2. The molecule has 0 spiro atoms. The maximum atomic E-state index is 12.5. The van der Waals surface area contributed by atoms with Gasteiger partial charge in [-0.2, -0.15) is 10.4 Å². The van der Waals surface area contributed by atoms with E-state index in [-0.39, 0.29) is 11.5 Å². The third-order valence-corrected chi connectivity index (χ3v) is 4.90. The summed E-state index contributed by atoms with van der Waals surface area (Å²) in [7, 11) is 0. The molecule has 154 valence electrons. The van der Waals surface area contributed by atoms with Crippen LogP contribution in [0.3, 0.4) is 0 Å². The molecule has 0 aliphatic carbocycles. The highest BCUT2D eigenvalue weighted by Gasteiger charge is 2.17. The van der Waals surface area contributed by atoms with Gasteiger partial charge in [-0.05, 0) is 36.8 Å². The average Bonchev–Trinajstić information content (AvgIpc) is 3.42. The van der Waals surface area contributed by atoms with Gasteiger partial charge in [0.05, 0.1) is 5.69 Å². The van der Waals surface area contributed by atoms with Crippen LogP contribution in [0.25, 0.3) is 34.2 Å². The van der Waals surface area contributed by atoms with Gasteiger partial charge in [0, 0.05) is 23.7 Å². The van der Waals surface area contributed by atoms with Gasteiger partial charge in [0.25, 0.3) is 5.91 Å². The highest BCUT2D eigenvalue weighted by Crippen LogP contribution is 2.31. The van der Waals surface area contributed by atoms with Crippen LogP contribution in [0.5, 0.6) is 0 Å². The predicted octanol–water partition coefficient (Wildman–Crippen LogP) is 5.11. The van der Waals surface area contributed by atoms with Gasteiger partial charge in [0.2, 0.25) is 0 Å². The Kier molecular flexibility index (Phi) is 5.95. The van der Waals surface area contributed by atoms with Crippen molar-refractivity contribution in [1.82, 2.24) is 15.1 Å². The van der Waals surface area contributed by atoms with Gasteiger partial charge in [-0.3, -0.25) is 4.79 Å². The summed E-state index contributed by atoms with van der Waals surface area (Å²) >= 11 is 0. The Labute approximate surface area is 180 Å². The molecule has 0 atom stereocenters. The van der Waals surface area contributed by atoms with Gasteiger partial charge < -0.3 is 9.73 Å². The summed E-state index contributed by atoms with van der Waals surface area (Å²) < 4.78 is 7.73. The van der Waals surface area contributed by atoms with Crippen molar-refractivity contribution in [3.8, 4) is 23.2 Å². The summed E-state index contributed by atoms with van der Waals surface area (Å²) in [5.41, 5.74) is 2.84. The Morgan fingerprint density at radius 1 is 1.19 bits per heavy atom. The molecule has 4 aromatic rings. The van der Waals surface area contributed by atoms with Crippen molar-refractivity contribution in [2.45, 2.75) is 19.8 Å². The third-order valence-electron chi connectivity index (χ3n) is 4.90. The van der Waals surface area contributed by atoms with Gasteiger partial charge in [-0.25, -0.2) is 4.68 Å². The highest BCUT2D eigenvalue weighted by molar-refractivity contribution is 6.02. The molecule has 0 bridgehead atoms. The predicted molar refractivity (Wildman–Crippen MR) is 120 cm³/mol. The number of hydrogen-bond acceptors (Lipinski definition) is 4. The van der Waals surface area contributed by atoms with Crippen LogP contribution in [0.1, 0.15) is 25.3 Å². The first kappa shape index (κ1) is 20.2. The molecule has 2 aromatic heterocycles. The zero-order valence-corrected chi connectivity index (χ0v) is 17.2. The number of unbranched alkanes of at least 4 members (excludes halogenated alkanes) is 1. The molecular formula is C25H22N4O2. The normalized spacial score (nSPS) is 11.4. The number of carbonyl (C=O) groups is 1. The van der Waals surface area contributed by atoms with Crippen molar-refractivity contribution in [3.05, 3.63) is 78.0 Å². The maximum absolute atomic E-state index is 12.5. The van der Waals surface area contributed by atoms with E-state index in [0.717, 1.165) is 29.5 Å². The van der Waals surface area contributed by atoms with Gasteiger partial charge in [-0.15, -0.1) is 0 Å². The van der Waals surface area contributed by atoms with E-state index in [1.807, 2.05) is 73.7 Å². The van der Waals surface area contributed by atoms with Crippen molar-refractivity contribution in [2.75, 3.05) is 6.54 Å². The van der Waals surface area contributed by atoms with Gasteiger partial charge >= 0.3 is 0 Å². The van der Waals surface area contributed by atoms with Crippen molar-refractivity contribution >= 4 is 23.0 Å². The van der Waals surface area contributed by atoms with Gasteiger partial charge in [0.15, 0.2) is 5.76 Å². The van der Waals surface area contributed by atoms with E-state index in [1.54, 1.807) is 17.0 Å². The highest BCUT2D eigenvalue weighted by atomic mass is 16.3. The fourth-order valence-electron chi connectivity index (χ4n) is 3.27. The van der Waals surface area contributed by atoms with Gasteiger partial charge in [0.1, 0.15) is 22.9 Å². The summed E-state index contributed by atoms with van der Waals surface area (Å²) in [5, 5.41) is 18.0. The fourth-order valence-corrected chi connectivity index (χ4v) is 3.27. The number of para-hydroxylation sites is 2. The molecule has 0 unspecified atom stereocenters. The SMILES string of the molecule is CCCCNC(=O)C(C#N)=Cc1cn(-c2ccccc2)nc1-c1cc2ccccc2o1. The number of aromatic nitrogens is 2. The molecule has 1 amide bonds. The van der Waals surface area contributed by atoms with Crippen LogP contribution in [-0.4, -0.2) is 22.2 Å². The Morgan fingerprint density at radius 2 is 1.97 bits per heavy atom. The Bertz CT molecular complexity index is 1240. The Morgan fingerprint density at radius 3 is 2.71 bits per heavy atom. The summed E-state index contributed by atoms with van der Waals surface area (Å²) in [4.78, 5) is 12.5. The molecule has 0 saturated carbocycles. The lowest BCUT2D eigenvalue weighted by Crippen LogP contribution is -2.25. The topological polar surface area (TPSA) is 83.9 Å². The number of rotatable bonds is 7. The maximum Gasteiger partial charge on any atom is 0.261 e. The van der Waals surface area contributed by atoms with Crippen LogP contribution in [-0.2, 0) is 4.79 Å². The van der Waals surface area contributed by atoms with Crippen LogP contribution >= 0.6 is 0 Å². The fraction of sp³-hybridized carbons (Fsp3) is 0.160. The standard InChI is InChI=1S/C25H22N4O2/c1-2-3-13-27-25(30)19(16-26)14-20-17-29(21-10-5-4-6-11-21)28-24(20)23-15-18-9-7-8-12-22(18)31-23/h4-12,14-15,17H,2-3,13H2,1H3,(H,27,30). The Balaban J connectivity index is 1.79. The largest absolute Gasteiger partial charge is 0.454 e. The molecule has 6 nitrogen and oxygen atoms in total. The monoisotopic (exact) mass is 410 g/mol. The number of amides is 1. The first-order valence-electron chi connectivity index (χ1n) is 10.2. The number of furan rings is 1. The average molecular weight is 410 g/mol. The number of fused-ring (bicyclic) bond motifs is 1. The lowest BCUT2D eigenvalue weighted by Gasteiger charge is -2.02. The molecule has 0 aliphatic heterocycles. The summed E-state index contributed by atoms with van der Waals surface area (Å²) in [6.07, 6.45) is 5.19. The summed E-state index contributed by atoms with van der Waals surface area (Å²) in [6.45, 7) is 2.58. The van der Waals surface area contributed by atoms with Gasteiger partial charge in [-0.1, -0.05) is 49.7 Å². The van der Waals surface area contributed by atoms with E-state index in [1.165, 1.54) is 0 Å². The third kappa shape index (κ3) is 4.41. The van der Waals surface area contributed by atoms with Crippen molar-refractivity contribution in [2.24, 2.45) is 0 Å². The van der Waals surface area contributed by atoms with E-state index in [0.29, 0.717) is 23.6 Å². The quantitative estimate of drug-likeness (QED) is 0.261. The number of carbonyl (C=O) groups excluding carboxylic acids is 1. The van der Waals surface area contributed by atoms with Crippen LogP contribution in [0.2, 0.25) is 0 Å². The van der Waals surface area contributed by atoms with Crippen LogP contribution in [0.4, 0.5) is 0 Å². The van der Waals surface area contributed by atoms with Crippen LogP contribution in [0, 0.1) is 11.3 Å². The summed E-state index contributed by atoms with van der Waals surface area (Å²) in [5.74, 6) is 0.185. The minimum atomic E-state index is -0.390. The van der Waals surface area contributed by atoms with Crippen molar-refractivity contribution < 1.29 is 9.21 Å². The molecule has 2 heterocycles. The summed E-state index contributed by atoms with van der Waals surface area (Å²) in [6, 6.07) is 21.3. The molecule has 4 rings (SSSR count). The van der Waals surface area contributed by atoms with Crippen molar-refractivity contribution in [1.29, 1.82) is 5.26 Å². The number of nitrogens with one attached hydrogen (secondary N) is 1. The number of benzene rings is 2. The molecule has 0 radical (unpaired) electrons. The molecule has 2 aromatic carbocycles. The lowest BCUT2D eigenvalue weighted by molar-refractivity contribution is -0.117. The second kappa shape index (κ2) is 9.14. The molecule has 0 saturated heterocycles. The smallest absolute Gasteiger partial charge is 0.261 e. The molecule has 0 aliphatic rings. The zero-order valence-electron chi connectivity index (χ0n) is 17.2. The van der Waals surface area contributed by atoms with E-state index in [9.17, 15) is 10.1 Å². The minimum absolute atomic E-state index is 0.0288. The molecule has 31 heavy (non-hydrogen) atoms. The lowest BCUT2D eigenvalue weighted by atomic mass is 10.1. The first-order chi connectivity index (χ1) is 15.2. The minimum Gasteiger partial charge on any atom is -0.454 e. The Hall–Kier alpha value is -4.11. The molecule has 0 fully saturated rings. The van der Waals surface area contributed by atoms with Crippen molar-refractivity contribution in [3.63, 3.8) is 0 Å². The van der Waals surface area contributed by atoms with E-state index in [4.69, 9.17) is 9.52 Å². The zero-order chi connectivity index (χ0) is 21.6. The molecule has 1 N–H and O–H groups in total.